The molecule has 0 saturated heterocycles. The molecule has 1 nitrogen and oxygen atoms in total. The Bertz CT molecular complexity index is 515. The molecular weight excluding hydrogens is 428 g/mol. The van der Waals surface area contributed by atoms with Crippen LogP contribution in [0.25, 0.3) is 0 Å². The Morgan fingerprint density at radius 2 is 1.93 bits per heavy atom. The molecule has 0 radical (unpaired) electrons. The minimum Gasteiger partial charge on any atom is -0.287 e. The van der Waals surface area contributed by atoms with Gasteiger partial charge in [-0.15, -0.1) is 22.7 Å². The highest BCUT2D eigenvalue weighted by atomic mass is 79.9. The summed E-state index contributed by atoms with van der Waals surface area (Å²) in [5.74, 6) is 0.0632. The van der Waals surface area contributed by atoms with Crippen LogP contribution in [-0.2, 0) is 0 Å². The van der Waals surface area contributed by atoms with Crippen LogP contribution in [0.1, 0.15) is 14.5 Å². The van der Waals surface area contributed by atoms with Gasteiger partial charge in [0, 0.05) is 9.85 Å². The summed E-state index contributed by atoms with van der Waals surface area (Å²) in [6.45, 7) is 0. The molecule has 0 unspecified atom stereocenters. The van der Waals surface area contributed by atoms with E-state index < -0.39 is 0 Å². The van der Waals surface area contributed by atoms with Gasteiger partial charge in [-0.05, 0) is 59.9 Å². The third kappa shape index (κ3) is 2.44. The van der Waals surface area contributed by atoms with Gasteiger partial charge in [0.05, 0.1) is 18.0 Å². The summed E-state index contributed by atoms with van der Waals surface area (Å²) in [6, 6.07) is 3.71. The van der Waals surface area contributed by atoms with Crippen LogP contribution in [-0.4, -0.2) is 5.78 Å². The molecule has 0 spiro atoms. The van der Waals surface area contributed by atoms with E-state index in [1.165, 1.54) is 22.7 Å². The molecule has 0 aliphatic carbocycles. The van der Waals surface area contributed by atoms with E-state index in [1.54, 1.807) is 0 Å². The van der Waals surface area contributed by atoms with Gasteiger partial charge in [-0.1, -0.05) is 0 Å². The minimum atomic E-state index is 0.0632. The first-order chi connectivity index (χ1) is 7.09. The Kier molecular flexibility index (Phi) is 3.83. The maximum absolute atomic E-state index is 12.0. The Hall–Kier alpha value is 0.510. The molecule has 0 aromatic carbocycles. The third-order valence-electron chi connectivity index (χ3n) is 1.69. The highest BCUT2D eigenvalue weighted by molar-refractivity contribution is 9.13. The van der Waals surface area contributed by atoms with Crippen LogP contribution in [0.5, 0.6) is 0 Å². The van der Waals surface area contributed by atoms with Crippen molar-refractivity contribution >= 4 is 76.2 Å². The van der Waals surface area contributed by atoms with Gasteiger partial charge in [0.15, 0.2) is 0 Å². The van der Waals surface area contributed by atoms with Crippen LogP contribution in [0.4, 0.5) is 0 Å². The lowest BCUT2D eigenvalue weighted by Gasteiger charge is -1.94. The molecule has 0 N–H and O–H groups in total. The zero-order chi connectivity index (χ0) is 11.0. The molecule has 6 heteroatoms. The Balaban J connectivity index is 2.41. The average molecular weight is 431 g/mol. The van der Waals surface area contributed by atoms with E-state index in [0.29, 0.717) is 0 Å². The molecular formula is C9H3Br3OS2. The zero-order valence-corrected chi connectivity index (χ0v) is 13.5. The smallest absolute Gasteiger partial charge is 0.214 e. The van der Waals surface area contributed by atoms with Crippen LogP contribution in [0.15, 0.2) is 30.2 Å². The van der Waals surface area contributed by atoms with E-state index in [1.807, 2.05) is 17.5 Å². The molecule has 2 aromatic rings. The maximum atomic E-state index is 12.0. The monoisotopic (exact) mass is 428 g/mol. The van der Waals surface area contributed by atoms with Crippen molar-refractivity contribution < 1.29 is 4.79 Å². The zero-order valence-electron chi connectivity index (χ0n) is 7.09. The van der Waals surface area contributed by atoms with Gasteiger partial charge in [-0.25, -0.2) is 0 Å². The highest BCUT2D eigenvalue weighted by Crippen LogP contribution is 2.35. The van der Waals surface area contributed by atoms with Crippen molar-refractivity contribution in [2.75, 3.05) is 0 Å². The number of hydrogen-bond acceptors (Lipinski definition) is 3. The number of carbonyl (C=O) groups is 1. The van der Waals surface area contributed by atoms with Crippen molar-refractivity contribution in [3.8, 4) is 0 Å². The summed E-state index contributed by atoms with van der Waals surface area (Å²) in [6.07, 6.45) is 0. The first-order valence-corrected chi connectivity index (χ1v) is 7.89. The topological polar surface area (TPSA) is 17.1 Å². The van der Waals surface area contributed by atoms with Gasteiger partial charge in [-0.3, -0.25) is 4.79 Å². The van der Waals surface area contributed by atoms with Crippen LogP contribution in [0.2, 0.25) is 0 Å². The Morgan fingerprint density at radius 1 is 1.20 bits per heavy atom. The summed E-state index contributed by atoms with van der Waals surface area (Å²) < 4.78 is 2.73. The average Bonchev–Trinajstić information content (AvgIpc) is 2.75. The summed E-state index contributed by atoms with van der Waals surface area (Å²) in [7, 11) is 0. The standard InChI is InChI=1S/C9H3Br3OS2/c10-4-3-14-9(7(4)12)8(13)5-1-2-6(11)15-5/h1-3H. The lowest BCUT2D eigenvalue weighted by Crippen LogP contribution is -1.95. The summed E-state index contributed by atoms with van der Waals surface area (Å²) in [5.41, 5.74) is 0. The fraction of sp³-hybridized carbons (Fsp3) is 0. The number of carbonyl (C=O) groups excluding carboxylic acids is 1. The van der Waals surface area contributed by atoms with Crippen LogP contribution in [0.3, 0.4) is 0 Å². The van der Waals surface area contributed by atoms with Crippen molar-refractivity contribution in [2.24, 2.45) is 0 Å². The van der Waals surface area contributed by atoms with Crippen molar-refractivity contribution in [2.45, 2.75) is 0 Å². The molecule has 0 saturated carbocycles. The largest absolute Gasteiger partial charge is 0.287 e. The van der Waals surface area contributed by atoms with Crippen molar-refractivity contribution in [1.29, 1.82) is 0 Å². The number of halogens is 3. The summed E-state index contributed by atoms with van der Waals surface area (Å²) >= 11 is 13.0. The van der Waals surface area contributed by atoms with Gasteiger partial charge >= 0.3 is 0 Å². The predicted molar refractivity (Wildman–Crippen MR) is 75.2 cm³/mol. The highest BCUT2D eigenvalue weighted by Gasteiger charge is 2.18. The Labute approximate surface area is 120 Å². The predicted octanol–water partition coefficient (Wildman–Crippen LogP) is 5.33. The molecule has 0 bridgehead atoms. The van der Waals surface area contributed by atoms with Gasteiger partial charge in [0.25, 0.3) is 0 Å². The molecule has 0 fully saturated rings. The molecule has 15 heavy (non-hydrogen) atoms. The molecule has 2 heterocycles. The molecule has 2 aromatic heterocycles. The van der Waals surface area contributed by atoms with E-state index in [9.17, 15) is 4.79 Å². The van der Waals surface area contributed by atoms with Gasteiger partial charge in [0.2, 0.25) is 5.78 Å². The molecule has 0 aliphatic rings. The van der Waals surface area contributed by atoms with Gasteiger partial charge in [0.1, 0.15) is 0 Å². The van der Waals surface area contributed by atoms with E-state index in [0.717, 1.165) is 22.5 Å². The lowest BCUT2D eigenvalue weighted by atomic mass is 10.3. The van der Waals surface area contributed by atoms with E-state index >= 15 is 0 Å². The number of thiophene rings is 2. The SMILES string of the molecule is O=C(c1ccc(Br)s1)c1scc(Br)c1Br. The van der Waals surface area contributed by atoms with Crippen molar-refractivity contribution in [3.63, 3.8) is 0 Å². The summed E-state index contributed by atoms with van der Waals surface area (Å²) in [4.78, 5) is 13.5. The first kappa shape index (κ1) is 12.0. The molecule has 0 atom stereocenters. The maximum Gasteiger partial charge on any atom is 0.214 e. The van der Waals surface area contributed by atoms with Crippen molar-refractivity contribution in [1.82, 2.24) is 0 Å². The normalized spacial score (nSPS) is 10.6. The van der Waals surface area contributed by atoms with Gasteiger partial charge < -0.3 is 0 Å². The molecule has 0 amide bonds. The van der Waals surface area contributed by atoms with Crippen molar-refractivity contribution in [3.05, 3.63) is 40.0 Å². The fourth-order valence-corrected chi connectivity index (χ4v) is 4.53. The van der Waals surface area contributed by atoms with Crippen LogP contribution < -0.4 is 0 Å². The second-order valence-electron chi connectivity index (χ2n) is 2.66. The summed E-state index contributed by atoms with van der Waals surface area (Å²) in [5, 5.41) is 1.90. The second kappa shape index (κ2) is 4.79. The second-order valence-corrected chi connectivity index (χ2v) is 7.65. The third-order valence-corrected chi connectivity index (χ3v) is 6.84. The lowest BCUT2D eigenvalue weighted by molar-refractivity contribution is 0.104. The number of rotatable bonds is 2. The quantitative estimate of drug-likeness (QED) is 0.588. The fourth-order valence-electron chi connectivity index (χ4n) is 1.02. The molecule has 78 valence electrons. The molecule has 0 aliphatic heterocycles. The van der Waals surface area contributed by atoms with Crippen LogP contribution >= 0.6 is 70.5 Å². The minimum absolute atomic E-state index is 0.0632. The number of ketones is 1. The molecule has 2 rings (SSSR count). The van der Waals surface area contributed by atoms with E-state index in [2.05, 4.69) is 47.8 Å². The van der Waals surface area contributed by atoms with E-state index in [4.69, 9.17) is 0 Å². The number of hydrogen-bond donors (Lipinski definition) is 0. The first-order valence-electron chi connectivity index (χ1n) is 3.82. The Morgan fingerprint density at radius 3 is 2.40 bits per heavy atom. The van der Waals surface area contributed by atoms with E-state index in [-0.39, 0.29) is 5.78 Å². The van der Waals surface area contributed by atoms with Crippen LogP contribution in [0, 0.1) is 0 Å². The van der Waals surface area contributed by atoms with Gasteiger partial charge in [-0.2, -0.15) is 0 Å².